The minimum atomic E-state index is -0.511. The van der Waals surface area contributed by atoms with E-state index in [0.717, 1.165) is 0 Å². The topological polar surface area (TPSA) is 68.2 Å². The van der Waals surface area contributed by atoms with E-state index in [1.807, 2.05) is 0 Å². The van der Waals surface area contributed by atoms with E-state index in [1.54, 1.807) is 31.3 Å². The lowest BCUT2D eigenvalue weighted by atomic mass is 10.1. The lowest BCUT2D eigenvalue weighted by Crippen LogP contribution is -2.26. The van der Waals surface area contributed by atoms with Crippen molar-refractivity contribution in [3.05, 3.63) is 65.5 Å². The van der Waals surface area contributed by atoms with Gasteiger partial charge < -0.3 is 9.57 Å². The average molecular weight is 358 g/mol. The summed E-state index contributed by atoms with van der Waals surface area (Å²) in [6.07, 6.45) is -0.511. The van der Waals surface area contributed by atoms with Gasteiger partial charge in [-0.25, -0.2) is 9.18 Å². The molecule has 1 amide bonds. The summed E-state index contributed by atoms with van der Waals surface area (Å²) in [5.74, 6) is -0.774. The van der Waals surface area contributed by atoms with Crippen molar-refractivity contribution in [1.29, 1.82) is 0 Å². The molecule has 0 spiro atoms. The number of rotatable bonds is 6. The molecule has 0 aliphatic carbocycles. The van der Waals surface area contributed by atoms with Gasteiger partial charge in [0, 0.05) is 18.2 Å². The minimum absolute atomic E-state index is 0.0611. The maximum atomic E-state index is 12.9. The molecular weight excluding hydrogens is 339 g/mol. The van der Waals surface area contributed by atoms with Gasteiger partial charge in [-0.05, 0) is 37.3 Å². The minimum Gasteiger partial charge on any atom is -0.452 e. The highest BCUT2D eigenvalue weighted by atomic mass is 19.1. The molecule has 136 valence electrons. The molecule has 26 heavy (non-hydrogen) atoms. The molecule has 0 saturated carbocycles. The van der Waals surface area contributed by atoms with Crippen LogP contribution in [-0.2, 0) is 16.2 Å². The molecule has 7 heteroatoms. The molecule has 0 aliphatic rings. The highest BCUT2D eigenvalue weighted by Gasteiger charge is 2.15. The van der Waals surface area contributed by atoms with Crippen LogP contribution in [0.3, 0.4) is 0 Å². The standard InChI is InChI=1S/C19H19FN2O4/c1-13(18(23)14-8-10-16(20)11-9-14)21-26-12-15-6-4-5-7-17(15)22(2)19(24)25-3/h4-11H,12H2,1-3H3. The summed E-state index contributed by atoms with van der Waals surface area (Å²) in [5, 5.41) is 3.82. The molecule has 2 rings (SSSR count). The molecule has 6 nitrogen and oxygen atoms in total. The summed E-state index contributed by atoms with van der Waals surface area (Å²) in [6, 6.07) is 12.3. The summed E-state index contributed by atoms with van der Waals surface area (Å²) >= 11 is 0. The van der Waals surface area contributed by atoms with E-state index < -0.39 is 11.9 Å². The number of amides is 1. The molecule has 2 aromatic rings. The van der Waals surface area contributed by atoms with Crippen LogP contribution >= 0.6 is 0 Å². The molecule has 0 atom stereocenters. The van der Waals surface area contributed by atoms with Gasteiger partial charge in [-0.3, -0.25) is 9.69 Å². The number of hydrogen-bond acceptors (Lipinski definition) is 5. The van der Waals surface area contributed by atoms with E-state index in [-0.39, 0.29) is 18.1 Å². The number of benzene rings is 2. The number of carbonyl (C=O) groups is 2. The Kier molecular flexibility index (Phi) is 6.43. The molecule has 0 radical (unpaired) electrons. The van der Waals surface area contributed by atoms with E-state index >= 15 is 0 Å². The van der Waals surface area contributed by atoms with Gasteiger partial charge in [0.05, 0.1) is 12.8 Å². The highest BCUT2D eigenvalue weighted by molar-refractivity contribution is 6.45. The Morgan fingerprint density at radius 2 is 1.77 bits per heavy atom. The summed E-state index contributed by atoms with van der Waals surface area (Å²) < 4.78 is 17.6. The first-order chi connectivity index (χ1) is 12.4. The quantitative estimate of drug-likeness (QED) is 0.447. The van der Waals surface area contributed by atoms with Gasteiger partial charge in [-0.2, -0.15) is 0 Å². The Bertz CT molecular complexity index is 819. The normalized spacial score (nSPS) is 11.0. The number of nitrogens with zero attached hydrogens (tertiary/aromatic N) is 2. The fraction of sp³-hybridized carbons (Fsp3) is 0.211. The van der Waals surface area contributed by atoms with Crippen LogP contribution in [0.15, 0.2) is 53.7 Å². The van der Waals surface area contributed by atoms with Gasteiger partial charge in [0.2, 0.25) is 5.78 Å². The SMILES string of the molecule is COC(=O)N(C)c1ccccc1CON=C(C)C(=O)c1ccc(F)cc1. The second kappa shape index (κ2) is 8.75. The number of ketones is 1. The molecule has 0 fully saturated rings. The van der Waals surface area contributed by atoms with Gasteiger partial charge in [0.25, 0.3) is 0 Å². The van der Waals surface area contributed by atoms with Gasteiger partial charge in [-0.1, -0.05) is 23.4 Å². The van der Waals surface area contributed by atoms with Crippen LogP contribution < -0.4 is 4.90 Å². The molecule has 0 bridgehead atoms. The number of Topliss-reactive ketones (excluding diaryl/α,β-unsaturated/α-hetero) is 1. The van der Waals surface area contributed by atoms with Crippen molar-refractivity contribution < 1.29 is 23.6 Å². The van der Waals surface area contributed by atoms with E-state index in [4.69, 9.17) is 9.57 Å². The smallest absolute Gasteiger partial charge is 0.413 e. The van der Waals surface area contributed by atoms with Crippen molar-refractivity contribution in [2.45, 2.75) is 13.5 Å². The molecule has 0 unspecified atom stereocenters. The van der Waals surface area contributed by atoms with Gasteiger partial charge >= 0.3 is 6.09 Å². The zero-order chi connectivity index (χ0) is 19.1. The molecular formula is C19H19FN2O4. The lowest BCUT2D eigenvalue weighted by molar-refractivity contribution is 0.103. The second-order valence-corrected chi connectivity index (χ2v) is 5.44. The Labute approximate surface area is 150 Å². The maximum absolute atomic E-state index is 12.9. The first kappa shape index (κ1) is 19.1. The molecule has 0 N–H and O–H groups in total. The average Bonchev–Trinajstić information content (AvgIpc) is 2.67. The summed E-state index contributed by atoms with van der Waals surface area (Å²) in [5.41, 5.74) is 1.76. The number of carbonyl (C=O) groups excluding carboxylic acids is 2. The predicted molar refractivity (Wildman–Crippen MR) is 95.9 cm³/mol. The van der Waals surface area contributed by atoms with Crippen LogP contribution in [0.2, 0.25) is 0 Å². The van der Waals surface area contributed by atoms with Gasteiger partial charge in [-0.15, -0.1) is 0 Å². The van der Waals surface area contributed by atoms with Crippen molar-refractivity contribution in [3.63, 3.8) is 0 Å². The predicted octanol–water partition coefficient (Wildman–Crippen LogP) is 3.80. The molecule has 2 aromatic carbocycles. The third-order valence-electron chi connectivity index (χ3n) is 3.66. The molecule has 0 aliphatic heterocycles. The molecule has 0 aromatic heterocycles. The number of methoxy groups -OCH3 is 1. The first-order valence-electron chi connectivity index (χ1n) is 7.80. The first-order valence-corrected chi connectivity index (χ1v) is 7.80. The fourth-order valence-electron chi connectivity index (χ4n) is 2.25. The Morgan fingerprint density at radius 3 is 2.42 bits per heavy atom. The zero-order valence-electron chi connectivity index (χ0n) is 14.7. The summed E-state index contributed by atoms with van der Waals surface area (Å²) in [7, 11) is 2.88. The number of anilines is 1. The molecule has 0 saturated heterocycles. The van der Waals surface area contributed by atoms with Crippen molar-refractivity contribution in [2.75, 3.05) is 19.1 Å². The third-order valence-corrected chi connectivity index (χ3v) is 3.66. The Morgan fingerprint density at radius 1 is 1.12 bits per heavy atom. The van der Waals surface area contributed by atoms with Crippen LogP contribution in [0.1, 0.15) is 22.8 Å². The van der Waals surface area contributed by atoms with Gasteiger partial charge in [0.15, 0.2) is 0 Å². The maximum Gasteiger partial charge on any atom is 0.413 e. The second-order valence-electron chi connectivity index (χ2n) is 5.44. The number of oxime groups is 1. The van der Waals surface area contributed by atoms with Crippen LogP contribution in [0.25, 0.3) is 0 Å². The summed E-state index contributed by atoms with van der Waals surface area (Å²) in [4.78, 5) is 30.5. The van der Waals surface area contributed by atoms with Crippen molar-refractivity contribution in [1.82, 2.24) is 0 Å². The lowest BCUT2D eigenvalue weighted by Gasteiger charge is -2.18. The van der Waals surface area contributed by atoms with E-state index in [9.17, 15) is 14.0 Å². The van der Waals surface area contributed by atoms with E-state index in [0.29, 0.717) is 16.8 Å². The fourth-order valence-corrected chi connectivity index (χ4v) is 2.25. The van der Waals surface area contributed by atoms with Gasteiger partial charge in [0.1, 0.15) is 18.1 Å². The van der Waals surface area contributed by atoms with Crippen molar-refractivity contribution in [2.24, 2.45) is 5.16 Å². The Balaban J connectivity index is 2.07. The van der Waals surface area contributed by atoms with Crippen LogP contribution in [-0.4, -0.2) is 31.7 Å². The number of ether oxygens (including phenoxy) is 1. The van der Waals surface area contributed by atoms with Crippen LogP contribution in [0.5, 0.6) is 0 Å². The van der Waals surface area contributed by atoms with Crippen LogP contribution in [0.4, 0.5) is 14.9 Å². The van der Waals surface area contributed by atoms with Crippen LogP contribution in [0, 0.1) is 5.82 Å². The van der Waals surface area contributed by atoms with E-state index in [2.05, 4.69) is 5.16 Å². The largest absolute Gasteiger partial charge is 0.452 e. The number of hydrogen-bond donors (Lipinski definition) is 0. The molecule has 0 heterocycles. The summed E-state index contributed by atoms with van der Waals surface area (Å²) in [6.45, 7) is 1.57. The van der Waals surface area contributed by atoms with Crippen molar-refractivity contribution in [3.8, 4) is 0 Å². The van der Waals surface area contributed by atoms with Crippen molar-refractivity contribution >= 4 is 23.3 Å². The number of para-hydroxylation sites is 1. The Hall–Kier alpha value is -3.22. The third kappa shape index (κ3) is 4.66. The highest BCUT2D eigenvalue weighted by Crippen LogP contribution is 2.20. The monoisotopic (exact) mass is 358 g/mol. The zero-order valence-corrected chi connectivity index (χ0v) is 14.7. The number of halogens is 1. The van der Waals surface area contributed by atoms with E-state index in [1.165, 1.54) is 43.2 Å².